The molecule has 1 aliphatic carbocycles. The fourth-order valence-corrected chi connectivity index (χ4v) is 3.22. The molecular weight excluding hydrogens is 285 g/mol. The molecule has 0 amide bonds. The minimum Gasteiger partial charge on any atom is -0.389 e. The van der Waals surface area contributed by atoms with E-state index >= 15 is 0 Å². The number of hydrogen-bond acceptors (Lipinski definition) is 2. The molecule has 2 N–H and O–H groups in total. The normalized spacial score (nSPS) is 14.0. The van der Waals surface area contributed by atoms with E-state index in [9.17, 15) is 4.39 Å². The predicted molar refractivity (Wildman–Crippen MR) is 85.0 cm³/mol. The minimum absolute atomic E-state index is 0.233. The number of imidazole rings is 1. The predicted octanol–water partition coefficient (Wildman–Crippen LogP) is 2.89. The van der Waals surface area contributed by atoms with Crippen LogP contribution in [0.15, 0.2) is 18.2 Å². The lowest BCUT2D eigenvalue weighted by Crippen LogP contribution is -2.16. The van der Waals surface area contributed by atoms with E-state index in [4.69, 9.17) is 18.0 Å². The highest BCUT2D eigenvalue weighted by Crippen LogP contribution is 2.24. The second-order valence-electron chi connectivity index (χ2n) is 5.51. The van der Waals surface area contributed by atoms with Gasteiger partial charge in [-0.2, -0.15) is 0 Å². The molecule has 0 atom stereocenters. The molecule has 0 spiro atoms. The molecule has 0 fully saturated rings. The van der Waals surface area contributed by atoms with Gasteiger partial charge >= 0.3 is 0 Å². The molecule has 110 valence electrons. The van der Waals surface area contributed by atoms with Gasteiger partial charge in [0, 0.05) is 17.8 Å². The number of aryl methyl sites for hydroxylation is 2. The number of nitrogens with zero attached hydrogens (tertiary/aromatic N) is 2. The monoisotopic (exact) mass is 303 g/mol. The van der Waals surface area contributed by atoms with Crippen molar-refractivity contribution in [2.75, 3.05) is 0 Å². The highest BCUT2D eigenvalue weighted by Gasteiger charge is 2.19. The summed E-state index contributed by atoms with van der Waals surface area (Å²) in [5, 5.41) is 0. The van der Waals surface area contributed by atoms with Crippen molar-refractivity contribution >= 4 is 17.2 Å². The number of hydrogen-bond donors (Lipinski definition) is 1. The molecule has 0 bridgehead atoms. The van der Waals surface area contributed by atoms with Crippen molar-refractivity contribution in [2.45, 2.75) is 39.2 Å². The Morgan fingerprint density at radius 2 is 2.14 bits per heavy atom. The molecule has 0 saturated heterocycles. The van der Waals surface area contributed by atoms with Gasteiger partial charge in [0.2, 0.25) is 0 Å². The zero-order chi connectivity index (χ0) is 15.0. The first kappa shape index (κ1) is 14.2. The number of fused-ring (bicyclic) bond motifs is 1. The van der Waals surface area contributed by atoms with Gasteiger partial charge in [-0.25, -0.2) is 9.37 Å². The zero-order valence-electron chi connectivity index (χ0n) is 12.0. The van der Waals surface area contributed by atoms with Gasteiger partial charge < -0.3 is 10.3 Å². The van der Waals surface area contributed by atoms with Crippen molar-refractivity contribution in [2.24, 2.45) is 5.73 Å². The number of rotatable bonds is 3. The van der Waals surface area contributed by atoms with Crippen LogP contribution in [0.3, 0.4) is 0 Å². The quantitative estimate of drug-likeness (QED) is 0.887. The van der Waals surface area contributed by atoms with E-state index < -0.39 is 0 Å². The van der Waals surface area contributed by atoms with Crippen LogP contribution in [0.1, 0.15) is 41.2 Å². The highest BCUT2D eigenvalue weighted by atomic mass is 32.1. The van der Waals surface area contributed by atoms with Crippen LogP contribution < -0.4 is 5.73 Å². The lowest BCUT2D eigenvalue weighted by atomic mass is 10.0. The summed E-state index contributed by atoms with van der Waals surface area (Å²) in [4.78, 5) is 4.90. The SMILES string of the molecule is Cc1nc2c(n1Cc1ccc(F)cc1C(N)=S)CCCC2. The fourth-order valence-electron chi connectivity index (χ4n) is 3.03. The summed E-state index contributed by atoms with van der Waals surface area (Å²) in [5.41, 5.74) is 9.79. The van der Waals surface area contributed by atoms with E-state index in [0.717, 1.165) is 24.2 Å². The van der Waals surface area contributed by atoms with Crippen molar-refractivity contribution in [3.8, 4) is 0 Å². The Bertz CT molecular complexity index is 706. The van der Waals surface area contributed by atoms with E-state index in [1.807, 2.05) is 6.92 Å². The molecule has 3 rings (SSSR count). The maximum Gasteiger partial charge on any atom is 0.123 e. The van der Waals surface area contributed by atoms with Gasteiger partial charge in [0.1, 0.15) is 16.6 Å². The Labute approximate surface area is 129 Å². The average molecular weight is 303 g/mol. The average Bonchev–Trinajstić information content (AvgIpc) is 2.77. The first-order valence-electron chi connectivity index (χ1n) is 7.19. The molecule has 21 heavy (non-hydrogen) atoms. The third kappa shape index (κ3) is 2.70. The summed E-state index contributed by atoms with van der Waals surface area (Å²) >= 11 is 5.04. The minimum atomic E-state index is -0.314. The summed E-state index contributed by atoms with van der Waals surface area (Å²) in [7, 11) is 0. The highest BCUT2D eigenvalue weighted by molar-refractivity contribution is 7.80. The Morgan fingerprint density at radius 1 is 1.38 bits per heavy atom. The van der Waals surface area contributed by atoms with Gasteiger partial charge in [-0.1, -0.05) is 18.3 Å². The number of nitrogens with two attached hydrogens (primary N) is 1. The molecule has 3 nitrogen and oxygen atoms in total. The summed E-state index contributed by atoms with van der Waals surface area (Å²) in [6.07, 6.45) is 4.51. The topological polar surface area (TPSA) is 43.8 Å². The van der Waals surface area contributed by atoms with Crippen molar-refractivity contribution in [1.29, 1.82) is 0 Å². The summed E-state index contributed by atoms with van der Waals surface area (Å²) < 4.78 is 15.6. The van der Waals surface area contributed by atoms with E-state index in [-0.39, 0.29) is 10.8 Å². The molecule has 0 aliphatic heterocycles. The maximum atomic E-state index is 13.4. The van der Waals surface area contributed by atoms with Crippen LogP contribution in [0.4, 0.5) is 4.39 Å². The lowest BCUT2D eigenvalue weighted by molar-refractivity contribution is 0.617. The van der Waals surface area contributed by atoms with Gasteiger partial charge in [0.25, 0.3) is 0 Å². The first-order chi connectivity index (χ1) is 10.1. The van der Waals surface area contributed by atoms with E-state index in [1.165, 1.54) is 36.4 Å². The fraction of sp³-hybridized carbons (Fsp3) is 0.375. The van der Waals surface area contributed by atoms with Gasteiger partial charge in [-0.05, 0) is 50.3 Å². The largest absolute Gasteiger partial charge is 0.389 e. The Hall–Kier alpha value is -1.75. The van der Waals surface area contributed by atoms with Gasteiger partial charge in [-0.3, -0.25) is 0 Å². The third-order valence-corrected chi connectivity index (χ3v) is 4.31. The van der Waals surface area contributed by atoms with Crippen LogP contribution >= 0.6 is 12.2 Å². The van der Waals surface area contributed by atoms with Crippen LogP contribution in [0.25, 0.3) is 0 Å². The van der Waals surface area contributed by atoms with Crippen LogP contribution in [0, 0.1) is 12.7 Å². The molecule has 1 heterocycles. The molecule has 2 aromatic rings. The van der Waals surface area contributed by atoms with Gasteiger partial charge in [0.05, 0.1) is 5.69 Å². The number of benzene rings is 1. The molecule has 1 aliphatic rings. The second kappa shape index (κ2) is 5.56. The van der Waals surface area contributed by atoms with Crippen LogP contribution in [-0.2, 0) is 19.4 Å². The Kier molecular flexibility index (Phi) is 3.76. The first-order valence-corrected chi connectivity index (χ1v) is 7.60. The standard InChI is InChI=1S/C16H18FN3S/c1-10-19-14-4-2-3-5-15(14)20(10)9-11-6-7-12(17)8-13(11)16(18)21/h6-8H,2-5,9H2,1H3,(H2,18,21). The molecule has 1 aromatic heterocycles. The number of halogens is 1. The lowest BCUT2D eigenvalue weighted by Gasteiger charge is -2.16. The van der Waals surface area contributed by atoms with Gasteiger partial charge in [0.15, 0.2) is 0 Å². The third-order valence-electron chi connectivity index (χ3n) is 4.09. The molecule has 0 radical (unpaired) electrons. The smallest absolute Gasteiger partial charge is 0.123 e. The molecule has 0 saturated carbocycles. The summed E-state index contributed by atoms with van der Waals surface area (Å²) in [6.45, 7) is 2.66. The molecule has 0 unspecified atom stereocenters. The Morgan fingerprint density at radius 3 is 2.90 bits per heavy atom. The molecule has 1 aromatic carbocycles. The molecule has 5 heteroatoms. The second-order valence-corrected chi connectivity index (χ2v) is 5.95. The number of thiocarbonyl (C=S) groups is 1. The summed E-state index contributed by atoms with van der Waals surface area (Å²) in [6, 6.07) is 4.63. The van der Waals surface area contributed by atoms with E-state index in [0.29, 0.717) is 12.1 Å². The van der Waals surface area contributed by atoms with Crippen LogP contribution in [-0.4, -0.2) is 14.5 Å². The van der Waals surface area contributed by atoms with Gasteiger partial charge in [-0.15, -0.1) is 0 Å². The van der Waals surface area contributed by atoms with Crippen LogP contribution in [0.5, 0.6) is 0 Å². The zero-order valence-corrected chi connectivity index (χ0v) is 12.8. The van der Waals surface area contributed by atoms with Crippen LogP contribution in [0.2, 0.25) is 0 Å². The van der Waals surface area contributed by atoms with Crippen molar-refractivity contribution in [1.82, 2.24) is 9.55 Å². The van der Waals surface area contributed by atoms with Crippen molar-refractivity contribution < 1.29 is 4.39 Å². The maximum absolute atomic E-state index is 13.4. The summed E-state index contributed by atoms with van der Waals surface area (Å²) in [5.74, 6) is 0.686. The Balaban J connectivity index is 2.01. The number of aromatic nitrogens is 2. The molecular formula is C16H18FN3S. The van der Waals surface area contributed by atoms with E-state index in [2.05, 4.69) is 9.55 Å². The van der Waals surface area contributed by atoms with Crippen molar-refractivity contribution in [3.05, 3.63) is 52.4 Å². The van der Waals surface area contributed by atoms with Crippen molar-refractivity contribution in [3.63, 3.8) is 0 Å². The van der Waals surface area contributed by atoms with E-state index in [1.54, 1.807) is 6.07 Å².